The van der Waals surface area contributed by atoms with E-state index in [0.717, 1.165) is 24.8 Å². The number of hydrogen-bond acceptors (Lipinski definition) is 4. The molecule has 0 radical (unpaired) electrons. The number of hydrogen-bond donors (Lipinski definition) is 2. The fourth-order valence-electron chi connectivity index (χ4n) is 6.85. The SMILES string of the molecule is CCC1(C)CCC2=C1CCC1C2CC(O)C2=CC(O)C3CC21C(=O)O3. The van der Waals surface area contributed by atoms with Gasteiger partial charge in [0.25, 0.3) is 0 Å². The van der Waals surface area contributed by atoms with E-state index in [1.807, 2.05) is 0 Å². The van der Waals surface area contributed by atoms with Crippen LogP contribution in [-0.4, -0.2) is 34.5 Å². The molecule has 5 rings (SSSR count). The molecule has 2 N–H and O–H groups in total. The highest BCUT2D eigenvalue weighted by molar-refractivity contribution is 5.85. The van der Waals surface area contributed by atoms with Crippen molar-refractivity contribution >= 4 is 5.97 Å². The normalized spacial score (nSPS) is 50.8. The zero-order chi connectivity index (χ0) is 17.6. The topological polar surface area (TPSA) is 66.8 Å². The second-order valence-corrected chi connectivity index (χ2v) is 9.15. The molecular weight excluding hydrogens is 316 g/mol. The first-order chi connectivity index (χ1) is 11.9. The van der Waals surface area contributed by atoms with Crippen molar-refractivity contribution in [1.29, 1.82) is 0 Å². The molecule has 2 fully saturated rings. The smallest absolute Gasteiger partial charge is 0.317 e. The molecule has 1 saturated carbocycles. The van der Waals surface area contributed by atoms with Gasteiger partial charge in [-0.05, 0) is 67.4 Å². The molecule has 1 heterocycles. The Balaban J connectivity index is 1.62. The summed E-state index contributed by atoms with van der Waals surface area (Å²) in [6.45, 7) is 4.66. The van der Waals surface area contributed by atoms with Crippen LogP contribution in [0.25, 0.3) is 0 Å². The third-order valence-electron chi connectivity index (χ3n) is 8.34. The van der Waals surface area contributed by atoms with Crippen LogP contribution in [0.1, 0.15) is 58.8 Å². The van der Waals surface area contributed by atoms with Crippen LogP contribution in [0.15, 0.2) is 22.8 Å². The van der Waals surface area contributed by atoms with Crippen molar-refractivity contribution in [2.45, 2.75) is 77.1 Å². The first kappa shape index (κ1) is 16.1. The number of carbonyl (C=O) groups is 1. The minimum absolute atomic E-state index is 0.200. The van der Waals surface area contributed by atoms with E-state index in [0.29, 0.717) is 24.2 Å². The van der Waals surface area contributed by atoms with Crippen LogP contribution in [0.4, 0.5) is 0 Å². The molecule has 0 aromatic rings. The highest BCUT2D eigenvalue weighted by Gasteiger charge is 2.66. The predicted octanol–water partition coefficient (Wildman–Crippen LogP) is 2.89. The number of rotatable bonds is 1. The molecule has 2 bridgehead atoms. The highest BCUT2D eigenvalue weighted by Crippen LogP contribution is 2.65. The zero-order valence-corrected chi connectivity index (χ0v) is 15.1. The van der Waals surface area contributed by atoms with Crippen molar-refractivity contribution in [1.82, 2.24) is 0 Å². The molecule has 1 spiro atoms. The van der Waals surface area contributed by atoms with Crippen LogP contribution < -0.4 is 0 Å². The summed E-state index contributed by atoms with van der Waals surface area (Å²) in [5.74, 6) is 0.324. The summed E-state index contributed by atoms with van der Waals surface area (Å²) in [5.41, 5.74) is 3.53. The Labute approximate surface area is 148 Å². The molecule has 25 heavy (non-hydrogen) atoms. The van der Waals surface area contributed by atoms with Gasteiger partial charge in [0.15, 0.2) is 0 Å². The van der Waals surface area contributed by atoms with E-state index in [2.05, 4.69) is 13.8 Å². The number of aliphatic hydroxyl groups excluding tert-OH is 2. The fourth-order valence-corrected chi connectivity index (χ4v) is 6.85. The zero-order valence-electron chi connectivity index (χ0n) is 15.1. The summed E-state index contributed by atoms with van der Waals surface area (Å²) in [6.07, 6.45) is 6.70. The summed E-state index contributed by atoms with van der Waals surface area (Å²) in [4.78, 5) is 12.9. The largest absolute Gasteiger partial charge is 0.459 e. The van der Waals surface area contributed by atoms with Crippen molar-refractivity contribution in [2.24, 2.45) is 22.7 Å². The Morgan fingerprint density at radius 3 is 2.88 bits per heavy atom. The van der Waals surface area contributed by atoms with Crippen LogP contribution in [0, 0.1) is 22.7 Å². The first-order valence-electron chi connectivity index (χ1n) is 9.92. The standard InChI is InChI=1S/C21H28O4/c1-3-20(2)7-6-11-12-8-16(22)15-9-17(23)18-10-21(15,19(24)25-18)14(12)5-4-13(11)20/h9,12,14,16-18,22-23H,3-8,10H2,1-2H3. The molecule has 1 saturated heterocycles. The van der Waals surface area contributed by atoms with Gasteiger partial charge >= 0.3 is 5.97 Å². The molecule has 7 atom stereocenters. The van der Waals surface area contributed by atoms with E-state index in [-0.39, 0.29) is 11.9 Å². The summed E-state index contributed by atoms with van der Waals surface area (Å²) < 4.78 is 5.56. The highest BCUT2D eigenvalue weighted by atomic mass is 16.6. The lowest BCUT2D eigenvalue weighted by molar-refractivity contribution is -0.153. The molecule has 136 valence electrons. The fraction of sp³-hybridized carbons (Fsp3) is 0.762. The van der Waals surface area contributed by atoms with E-state index in [4.69, 9.17) is 4.74 Å². The number of esters is 1. The van der Waals surface area contributed by atoms with Gasteiger partial charge in [0.1, 0.15) is 12.2 Å². The maximum Gasteiger partial charge on any atom is 0.317 e. The van der Waals surface area contributed by atoms with Gasteiger partial charge in [0, 0.05) is 6.42 Å². The number of ether oxygens (including phenoxy) is 1. The van der Waals surface area contributed by atoms with Gasteiger partial charge in [0.05, 0.1) is 11.5 Å². The summed E-state index contributed by atoms with van der Waals surface area (Å²) >= 11 is 0. The third-order valence-corrected chi connectivity index (χ3v) is 8.34. The minimum Gasteiger partial charge on any atom is -0.459 e. The third kappa shape index (κ3) is 1.83. The maximum absolute atomic E-state index is 12.9. The predicted molar refractivity (Wildman–Crippen MR) is 92.5 cm³/mol. The van der Waals surface area contributed by atoms with E-state index < -0.39 is 23.7 Å². The molecule has 4 nitrogen and oxygen atoms in total. The molecule has 0 amide bonds. The van der Waals surface area contributed by atoms with E-state index >= 15 is 0 Å². The van der Waals surface area contributed by atoms with Crippen LogP contribution >= 0.6 is 0 Å². The van der Waals surface area contributed by atoms with Gasteiger partial charge in [-0.3, -0.25) is 4.79 Å². The van der Waals surface area contributed by atoms with Crippen LogP contribution in [0.3, 0.4) is 0 Å². The Bertz CT molecular complexity index is 707. The average molecular weight is 344 g/mol. The molecular formula is C21H28O4. The first-order valence-corrected chi connectivity index (χ1v) is 9.92. The van der Waals surface area contributed by atoms with Gasteiger partial charge in [-0.25, -0.2) is 0 Å². The maximum atomic E-state index is 12.9. The van der Waals surface area contributed by atoms with Crippen molar-refractivity contribution < 1.29 is 19.7 Å². The van der Waals surface area contributed by atoms with Crippen LogP contribution in [0.5, 0.6) is 0 Å². The van der Waals surface area contributed by atoms with Gasteiger partial charge in [-0.2, -0.15) is 0 Å². The van der Waals surface area contributed by atoms with Gasteiger partial charge in [-0.15, -0.1) is 0 Å². The van der Waals surface area contributed by atoms with Crippen molar-refractivity contribution in [3.8, 4) is 0 Å². The summed E-state index contributed by atoms with van der Waals surface area (Å²) in [6, 6.07) is 0. The van der Waals surface area contributed by atoms with E-state index in [9.17, 15) is 15.0 Å². The Morgan fingerprint density at radius 2 is 2.12 bits per heavy atom. The monoisotopic (exact) mass is 344 g/mol. The Hall–Kier alpha value is -1.13. The van der Waals surface area contributed by atoms with Crippen molar-refractivity contribution in [3.63, 3.8) is 0 Å². The molecule has 0 aromatic heterocycles. The van der Waals surface area contributed by atoms with Crippen molar-refractivity contribution in [2.75, 3.05) is 0 Å². The van der Waals surface area contributed by atoms with Crippen molar-refractivity contribution in [3.05, 3.63) is 22.8 Å². The summed E-state index contributed by atoms with van der Waals surface area (Å²) in [7, 11) is 0. The molecule has 7 unspecified atom stereocenters. The number of fused-ring (bicyclic) bond motifs is 3. The van der Waals surface area contributed by atoms with E-state index in [1.165, 1.54) is 18.4 Å². The average Bonchev–Trinajstić information content (AvgIpc) is 3.08. The summed E-state index contributed by atoms with van der Waals surface area (Å²) in [5, 5.41) is 21.1. The number of allylic oxidation sites excluding steroid dienone is 2. The molecule has 4 heteroatoms. The second-order valence-electron chi connectivity index (χ2n) is 9.15. The second kappa shape index (κ2) is 4.98. The quantitative estimate of drug-likeness (QED) is 0.567. The van der Waals surface area contributed by atoms with Crippen LogP contribution in [0.2, 0.25) is 0 Å². The Kier molecular flexibility index (Phi) is 3.20. The number of aliphatic hydroxyl groups is 2. The Morgan fingerprint density at radius 1 is 1.32 bits per heavy atom. The molecule has 4 aliphatic carbocycles. The molecule has 1 aliphatic heterocycles. The van der Waals surface area contributed by atoms with E-state index in [1.54, 1.807) is 11.6 Å². The molecule has 5 aliphatic rings. The lowest BCUT2D eigenvalue weighted by Crippen LogP contribution is -2.52. The lowest BCUT2D eigenvalue weighted by Gasteiger charge is -2.51. The molecule has 0 aromatic carbocycles. The van der Waals surface area contributed by atoms with Gasteiger partial charge in [0.2, 0.25) is 0 Å². The van der Waals surface area contributed by atoms with Gasteiger partial charge < -0.3 is 14.9 Å². The minimum atomic E-state index is -0.769. The van der Waals surface area contributed by atoms with Crippen LogP contribution in [-0.2, 0) is 9.53 Å². The number of carbonyl (C=O) groups excluding carboxylic acids is 1. The van der Waals surface area contributed by atoms with Gasteiger partial charge in [-0.1, -0.05) is 25.0 Å². The lowest BCUT2D eigenvalue weighted by atomic mass is 9.51.